The highest BCUT2D eigenvalue weighted by Crippen LogP contribution is 2.17. The maximum absolute atomic E-state index is 13.5. The van der Waals surface area contributed by atoms with Gasteiger partial charge < -0.3 is 20.3 Å². The topological polar surface area (TPSA) is 97.6 Å². The second-order valence-corrected chi connectivity index (χ2v) is 7.76. The molecule has 1 aromatic carbocycles. The van der Waals surface area contributed by atoms with Crippen LogP contribution in [-0.4, -0.2) is 69.4 Å². The monoisotopic (exact) mass is 409 g/mol. The van der Waals surface area contributed by atoms with Crippen LogP contribution in [0.15, 0.2) is 50.1 Å². The molecule has 0 saturated carbocycles. The van der Waals surface area contributed by atoms with E-state index in [2.05, 4.69) is 15.5 Å². The van der Waals surface area contributed by atoms with Crippen molar-refractivity contribution in [1.82, 2.24) is 9.80 Å². The van der Waals surface area contributed by atoms with Crippen LogP contribution in [0.3, 0.4) is 0 Å². The van der Waals surface area contributed by atoms with Crippen molar-refractivity contribution in [3.8, 4) is 0 Å². The molecule has 0 bridgehead atoms. The average molecular weight is 409 g/mol. The van der Waals surface area contributed by atoms with Crippen LogP contribution in [0, 0.1) is 10.4 Å². The fraction of sp³-hybridized carbons (Fsp3) is 0.364. The maximum Gasteiger partial charge on any atom is 0.198 e. The molecule has 0 fully saturated rings. The van der Waals surface area contributed by atoms with E-state index in [0.29, 0.717) is 41.5 Å². The Morgan fingerprint density at radius 3 is 2.23 bits per heavy atom. The Morgan fingerprint density at radius 1 is 0.900 bits per heavy atom. The molecule has 0 aliphatic heterocycles. The Balaban J connectivity index is 2.38. The van der Waals surface area contributed by atoms with E-state index in [1.165, 1.54) is 6.07 Å². The lowest BCUT2D eigenvalue weighted by Gasteiger charge is -2.13. The highest BCUT2D eigenvalue weighted by molar-refractivity contribution is 5.93. The minimum atomic E-state index is -0.343. The lowest BCUT2D eigenvalue weighted by Crippen LogP contribution is -2.30. The lowest BCUT2D eigenvalue weighted by molar-refractivity contribution is 0.301. The van der Waals surface area contributed by atoms with Gasteiger partial charge in [-0.1, -0.05) is 17.3 Å². The summed E-state index contributed by atoms with van der Waals surface area (Å²) in [5, 5.41) is 17.4. The summed E-state index contributed by atoms with van der Waals surface area (Å²) in [6, 6.07) is 8.34. The molecule has 8 heteroatoms. The molecule has 0 aromatic heterocycles. The second-order valence-electron chi connectivity index (χ2n) is 7.76. The van der Waals surface area contributed by atoms with Crippen molar-refractivity contribution < 1.29 is 5.21 Å². The second kappa shape index (κ2) is 9.15. The van der Waals surface area contributed by atoms with Gasteiger partial charge in [0.1, 0.15) is 5.36 Å². The van der Waals surface area contributed by atoms with E-state index in [9.17, 15) is 14.8 Å². The quantitative estimate of drug-likeness (QED) is 0.417. The summed E-state index contributed by atoms with van der Waals surface area (Å²) in [5.74, 6) is 0. The van der Waals surface area contributed by atoms with E-state index in [-0.39, 0.29) is 26.7 Å². The molecule has 0 amide bonds. The molecule has 0 saturated heterocycles. The van der Waals surface area contributed by atoms with Crippen LogP contribution in [0.4, 0.5) is 5.69 Å². The predicted molar refractivity (Wildman–Crippen MR) is 118 cm³/mol. The number of nitrogens with zero attached hydrogens (tertiary/aromatic N) is 4. The maximum atomic E-state index is 13.5. The van der Waals surface area contributed by atoms with E-state index in [0.717, 1.165) is 6.54 Å². The summed E-state index contributed by atoms with van der Waals surface area (Å²) >= 11 is 0. The van der Waals surface area contributed by atoms with Crippen LogP contribution in [0.1, 0.15) is 0 Å². The van der Waals surface area contributed by atoms with Gasteiger partial charge in [-0.05, 0) is 46.4 Å². The number of nitrogens with one attached hydrogen (secondary N) is 1. The number of anilines is 1. The molecule has 158 valence electrons. The smallest absolute Gasteiger partial charge is 0.198 e. The summed E-state index contributed by atoms with van der Waals surface area (Å²) in [5.41, 5.74) is -0.0350. The first-order valence-electron chi connectivity index (χ1n) is 9.80. The molecular weight excluding hydrogens is 382 g/mol. The van der Waals surface area contributed by atoms with Crippen molar-refractivity contribution in [2.75, 3.05) is 59.7 Å². The molecule has 0 radical (unpaired) electrons. The number of likely N-dealkylation sites (N-methyl/N-ethyl adjacent to an activating group) is 2. The Hall–Kier alpha value is -3.10. The van der Waals surface area contributed by atoms with Gasteiger partial charge in [0.25, 0.3) is 0 Å². The number of rotatable bonds is 7. The Kier molecular flexibility index (Phi) is 6.59. The Morgan fingerprint density at radius 2 is 1.57 bits per heavy atom. The number of benzene rings is 1. The van der Waals surface area contributed by atoms with E-state index in [1.807, 2.05) is 38.0 Å². The molecule has 30 heavy (non-hydrogen) atoms. The van der Waals surface area contributed by atoms with Gasteiger partial charge >= 0.3 is 0 Å². The Bertz CT molecular complexity index is 1340. The van der Waals surface area contributed by atoms with E-state index >= 15 is 0 Å². The summed E-state index contributed by atoms with van der Waals surface area (Å²) < 4.78 is 0. The molecule has 0 atom stereocenters. The van der Waals surface area contributed by atoms with Gasteiger partial charge in [0.2, 0.25) is 0 Å². The molecule has 1 aromatic rings. The highest BCUT2D eigenvalue weighted by Gasteiger charge is 2.14. The van der Waals surface area contributed by atoms with Crippen LogP contribution in [0.2, 0.25) is 0 Å². The van der Waals surface area contributed by atoms with Gasteiger partial charge in [0, 0.05) is 30.7 Å². The van der Waals surface area contributed by atoms with Crippen molar-refractivity contribution in [2.24, 2.45) is 10.1 Å². The third-order valence-corrected chi connectivity index (χ3v) is 4.96. The third kappa shape index (κ3) is 4.24. The van der Waals surface area contributed by atoms with Gasteiger partial charge in [0.05, 0.1) is 27.7 Å². The van der Waals surface area contributed by atoms with E-state index < -0.39 is 0 Å². The number of hydrogen-bond acceptors (Lipinski definition) is 8. The van der Waals surface area contributed by atoms with Crippen LogP contribution >= 0.6 is 0 Å². The van der Waals surface area contributed by atoms with E-state index in [4.69, 9.17) is 0 Å². The highest BCUT2D eigenvalue weighted by atomic mass is 16.4. The zero-order valence-electron chi connectivity index (χ0n) is 17.8. The summed E-state index contributed by atoms with van der Waals surface area (Å²) in [4.78, 5) is 35.4. The van der Waals surface area contributed by atoms with Gasteiger partial charge in [0.15, 0.2) is 10.9 Å². The molecule has 8 nitrogen and oxygen atoms in total. The molecular formula is C22H27N5O3. The molecule has 0 unspecified atom stereocenters. The normalized spacial score (nSPS) is 13.3. The Labute approximate surface area is 173 Å². The lowest BCUT2D eigenvalue weighted by atomic mass is 10.0. The third-order valence-electron chi connectivity index (χ3n) is 4.96. The minimum Gasteiger partial charge on any atom is -0.410 e. The van der Waals surface area contributed by atoms with Crippen molar-refractivity contribution >= 4 is 16.5 Å². The minimum absolute atomic E-state index is 0.0728. The number of hydrogen-bond donors (Lipinski definition) is 2. The van der Waals surface area contributed by atoms with Gasteiger partial charge in [-0.15, -0.1) is 0 Å². The van der Waals surface area contributed by atoms with Gasteiger partial charge in [-0.3, -0.25) is 14.6 Å². The molecule has 2 aliphatic rings. The summed E-state index contributed by atoms with van der Waals surface area (Å²) in [6.07, 6.45) is 0. The predicted octanol–water partition coefficient (Wildman–Crippen LogP) is -0.114. The van der Waals surface area contributed by atoms with Gasteiger partial charge in [-0.2, -0.15) is 0 Å². The number of fused-ring (bicyclic) bond motifs is 1. The van der Waals surface area contributed by atoms with Gasteiger partial charge in [-0.25, -0.2) is 0 Å². The van der Waals surface area contributed by atoms with E-state index in [1.54, 1.807) is 24.3 Å². The zero-order chi connectivity index (χ0) is 21.8. The average Bonchev–Trinajstić information content (AvgIpc) is 2.71. The van der Waals surface area contributed by atoms with Crippen molar-refractivity contribution in [3.05, 3.63) is 71.9 Å². The zero-order valence-corrected chi connectivity index (χ0v) is 17.8. The van der Waals surface area contributed by atoms with Crippen molar-refractivity contribution in [2.45, 2.75) is 0 Å². The molecule has 0 heterocycles. The van der Waals surface area contributed by atoms with Crippen LogP contribution in [-0.2, 0) is 0 Å². The molecule has 2 N–H and O–H groups in total. The fourth-order valence-corrected chi connectivity index (χ4v) is 3.43. The van der Waals surface area contributed by atoms with Crippen LogP contribution in [0.5, 0.6) is 0 Å². The first kappa shape index (κ1) is 21.6. The summed E-state index contributed by atoms with van der Waals surface area (Å²) in [7, 11) is 7.80. The summed E-state index contributed by atoms with van der Waals surface area (Å²) in [6.45, 7) is 2.58. The molecule has 2 aliphatic carbocycles. The van der Waals surface area contributed by atoms with Crippen molar-refractivity contribution in [3.63, 3.8) is 0 Å². The first-order valence-corrected chi connectivity index (χ1v) is 9.80. The largest absolute Gasteiger partial charge is 0.410 e. The molecule has 3 rings (SSSR count). The SMILES string of the molecule is CN(C)CCN=c1ccc(=NO)c2c(=O)c3c(NCCN(C)C)cccc3c(=O)c1=2. The fourth-order valence-electron chi connectivity index (χ4n) is 3.43. The van der Waals surface area contributed by atoms with Crippen molar-refractivity contribution in [1.29, 1.82) is 0 Å². The van der Waals surface area contributed by atoms with Crippen LogP contribution < -0.4 is 26.9 Å². The first-order chi connectivity index (χ1) is 14.3. The standard InChI is InChI=1S/C22H27N5O3/c1-26(2)12-10-23-15-7-5-6-14-18(15)22(29)20-17(25-30)9-8-16(19(20)21(14)28)24-11-13-27(3)4/h5-9,23,30H,10-13H2,1-4H3. The molecule has 0 spiro atoms. The van der Waals surface area contributed by atoms with Crippen LogP contribution in [0.25, 0.3) is 10.8 Å².